The largest absolute Gasteiger partial charge is 0.288 e. The number of anilines is 1. The molecule has 0 saturated carbocycles. The number of thiophene rings is 1. The summed E-state index contributed by atoms with van der Waals surface area (Å²) in [4.78, 5) is 11.9. The van der Waals surface area contributed by atoms with E-state index in [1.807, 2.05) is 0 Å². The minimum Gasteiger partial charge on any atom is -0.288 e. The Labute approximate surface area is 146 Å². The molecular formula is C15H11ClN2O4S2. The summed E-state index contributed by atoms with van der Waals surface area (Å²) in [5, 5.41) is 9.81. The Balaban J connectivity index is 1.92. The Hall–Kier alpha value is -2.13. The highest BCUT2D eigenvalue weighted by Gasteiger charge is 2.15. The Morgan fingerprint density at radius 2 is 1.79 bits per heavy atom. The first kappa shape index (κ1) is 16.7. The third kappa shape index (κ3) is 3.36. The van der Waals surface area contributed by atoms with Crippen molar-refractivity contribution in [2.45, 2.75) is 4.90 Å². The van der Waals surface area contributed by atoms with Crippen molar-refractivity contribution in [2.24, 2.45) is 0 Å². The van der Waals surface area contributed by atoms with Crippen LogP contribution in [0.3, 0.4) is 0 Å². The van der Waals surface area contributed by atoms with Gasteiger partial charge in [-0.3, -0.25) is 14.7 Å². The lowest BCUT2D eigenvalue weighted by Crippen LogP contribution is -2.16. The second-order valence-corrected chi connectivity index (χ2v) is 8.07. The fraction of sp³-hybridized carbons (Fsp3) is 0. The summed E-state index contributed by atoms with van der Waals surface area (Å²) >= 11 is 6.95. The maximum absolute atomic E-state index is 12.4. The van der Waals surface area contributed by atoms with Crippen molar-refractivity contribution in [1.29, 1.82) is 0 Å². The fourth-order valence-corrected chi connectivity index (χ4v) is 4.21. The number of amides is 1. The molecule has 1 amide bonds. The lowest BCUT2D eigenvalue weighted by molar-refractivity contribution is 0.0711. The molecule has 24 heavy (non-hydrogen) atoms. The topological polar surface area (TPSA) is 95.5 Å². The molecule has 3 aromatic rings. The first-order valence-electron chi connectivity index (χ1n) is 6.65. The van der Waals surface area contributed by atoms with Gasteiger partial charge in [0.2, 0.25) is 0 Å². The summed E-state index contributed by atoms with van der Waals surface area (Å²) < 4.78 is 28.0. The smallest absolute Gasteiger partial charge is 0.284 e. The van der Waals surface area contributed by atoms with E-state index in [1.165, 1.54) is 35.6 Å². The van der Waals surface area contributed by atoms with Crippen LogP contribution in [0.1, 0.15) is 9.67 Å². The van der Waals surface area contributed by atoms with Crippen molar-refractivity contribution in [3.05, 3.63) is 58.4 Å². The number of nitrogens with one attached hydrogen (secondary N) is 2. The van der Waals surface area contributed by atoms with Gasteiger partial charge in [0.25, 0.3) is 15.9 Å². The molecule has 0 unspecified atom stereocenters. The summed E-state index contributed by atoms with van der Waals surface area (Å²) in [5.41, 5.74) is 1.94. The van der Waals surface area contributed by atoms with Crippen molar-refractivity contribution >= 4 is 54.6 Å². The van der Waals surface area contributed by atoms with E-state index < -0.39 is 15.9 Å². The number of carbonyl (C=O) groups excluding carboxylic acids is 1. The van der Waals surface area contributed by atoms with Crippen LogP contribution in [0.2, 0.25) is 5.02 Å². The predicted molar refractivity (Wildman–Crippen MR) is 93.3 cm³/mol. The number of fused-ring (bicyclic) bond motifs is 1. The number of halogens is 1. The van der Waals surface area contributed by atoms with Gasteiger partial charge in [0.05, 0.1) is 9.77 Å². The predicted octanol–water partition coefficient (Wildman–Crippen LogP) is 3.47. The minimum atomic E-state index is -3.74. The van der Waals surface area contributed by atoms with E-state index >= 15 is 0 Å². The highest BCUT2D eigenvalue weighted by atomic mass is 35.5. The van der Waals surface area contributed by atoms with Gasteiger partial charge in [-0.05, 0) is 53.9 Å². The lowest BCUT2D eigenvalue weighted by atomic mass is 10.2. The zero-order chi connectivity index (χ0) is 17.3. The number of hydrogen-bond acceptors (Lipinski definition) is 5. The second-order valence-electron chi connectivity index (χ2n) is 4.86. The van der Waals surface area contributed by atoms with Gasteiger partial charge < -0.3 is 0 Å². The van der Waals surface area contributed by atoms with Crippen molar-refractivity contribution in [3.63, 3.8) is 0 Å². The summed E-state index contributed by atoms with van der Waals surface area (Å²) in [6, 6.07) is 12.3. The molecule has 0 bridgehead atoms. The Bertz CT molecular complexity index is 1010. The number of carbonyl (C=O) groups is 1. The van der Waals surface area contributed by atoms with Crippen LogP contribution in [0.5, 0.6) is 0 Å². The molecule has 0 atom stereocenters. The average Bonchev–Trinajstić information content (AvgIpc) is 2.97. The molecule has 0 aliphatic carbocycles. The minimum absolute atomic E-state index is 0.0951. The van der Waals surface area contributed by atoms with Crippen LogP contribution in [-0.2, 0) is 10.0 Å². The van der Waals surface area contributed by atoms with E-state index in [9.17, 15) is 13.2 Å². The fourth-order valence-electron chi connectivity index (χ4n) is 2.10. The normalized spacial score (nSPS) is 11.4. The number of hydroxylamine groups is 1. The van der Waals surface area contributed by atoms with Crippen LogP contribution >= 0.6 is 22.9 Å². The molecule has 0 radical (unpaired) electrons. The van der Waals surface area contributed by atoms with E-state index in [1.54, 1.807) is 29.7 Å². The monoisotopic (exact) mass is 382 g/mol. The maximum atomic E-state index is 12.4. The first-order valence-corrected chi connectivity index (χ1v) is 9.33. The lowest BCUT2D eigenvalue weighted by Gasteiger charge is -2.08. The van der Waals surface area contributed by atoms with E-state index in [0.717, 1.165) is 4.70 Å². The Morgan fingerprint density at radius 3 is 2.46 bits per heavy atom. The molecule has 9 heteroatoms. The van der Waals surface area contributed by atoms with Gasteiger partial charge in [-0.1, -0.05) is 11.6 Å². The third-order valence-corrected chi connectivity index (χ3v) is 5.98. The molecule has 3 rings (SSSR count). The second kappa shape index (κ2) is 6.40. The standard InChI is InChI=1S/C15H11ClN2O4S2/c16-10-1-4-12(5-2-10)24(21,22)18-11-3-6-13-9(7-11)8-14(23-13)15(19)17-20/h1-8,18,20H,(H,17,19). The Kier molecular flexibility index (Phi) is 4.46. The van der Waals surface area contributed by atoms with Crippen molar-refractivity contribution in [2.75, 3.05) is 4.72 Å². The van der Waals surface area contributed by atoms with Crippen LogP contribution in [-0.4, -0.2) is 19.5 Å². The van der Waals surface area contributed by atoms with E-state index in [0.29, 0.717) is 21.0 Å². The molecule has 0 spiro atoms. The van der Waals surface area contributed by atoms with Crippen LogP contribution in [0.4, 0.5) is 5.69 Å². The van der Waals surface area contributed by atoms with Crippen molar-refractivity contribution in [1.82, 2.24) is 5.48 Å². The highest BCUT2D eigenvalue weighted by molar-refractivity contribution is 7.92. The van der Waals surface area contributed by atoms with Crippen molar-refractivity contribution < 1.29 is 18.4 Å². The molecule has 0 aliphatic rings. The molecule has 0 aliphatic heterocycles. The molecule has 2 aromatic carbocycles. The average molecular weight is 383 g/mol. The van der Waals surface area contributed by atoms with Gasteiger partial charge in [0, 0.05) is 15.4 Å². The van der Waals surface area contributed by atoms with E-state index in [4.69, 9.17) is 16.8 Å². The van der Waals surface area contributed by atoms with Gasteiger partial charge in [0.1, 0.15) is 0 Å². The van der Waals surface area contributed by atoms with Crippen LogP contribution in [0.15, 0.2) is 53.4 Å². The molecule has 1 aromatic heterocycles. The number of benzene rings is 2. The summed E-state index contributed by atoms with van der Waals surface area (Å²) in [6.07, 6.45) is 0. The van der Waals surface area contributed by atoms with Gasteiger partial charge >= 0.3 is 0 Å². The molecule has 1 heterocycles. The van der Waals surface area contributed by atoms with Crippen LogP contribution < -0.4 is 10.2 Å². The maximum Gasteiger partial charge on any atom is 0.284 e. The van der Waals surface area contributed by atoms with Gasteiger partial charge in [-0.15, -0.1) is 11.3 Å². The van der Waals surface area contributed by atoms with Crippen LogP contribution in [0, 0.1) is 0 Å². The molecular weight excluding hydrogens is 372 g/mol. The first-order chi connectivity index (χ1) is 11.4. The van der Waals surface area contributed by atoms with Gasteiger partial charge in [-0.25, -0.2) is 13.9 Å². The third-order valence-electron chi connectivity index (χ3n) is 3.22. The Morgan fingerprint density at radius 1 is 1.08 bits per heavy atom. The molecule has 0 fully saturated rings. The van der Waals surface area contributed by atoms with E-state index in [-0.39, 0.29) is 4.90 Å². The summed E-state index contributed by atoms with van der Waals surface area (Å²) in [7, 11) is -3.74. The van der Waals surface area contributed by atoms with Crippen molar-refractivity contribution in [3.8, 4) is 0 Å². The quantitative estimate of drug-likeness (QED) is 0.475. The number of sulfonamides is 1. The zero-order valence-electron chi connectivity index (χ0n) is 12.0. The molecule has 3 N–H and O–H groups in total. The summed E-state index contributed by atoms with van der Waals surface area (Å²) in [6.45, 7) is 0. The molecule has 6 nitrogen and oxygen atoms in total. The number of hydrogen-bond donors (Lipinski definition) is 3. The van der Waals surface area contributed by atoms with Gasteiger partial charge in [0.15, 0.2) is 0 Å². The molecule has 0 saturated heterocycles. The van der Waals surface area contributed by atoms with Crippen LogP contribution in [0.25, 0.3) is 10.1 Å². The molecule has 124 valence electrons. The highest BCUT2D eigenvalue weighted by Crippen LogP contribution is 2.29. The zero-order valence-corrected chi connectivity index (χ0v) is 14.4. The van der Waals surface area contributed by atoms with E-state index in [2.05, 4.69) is 4.72 Å². The number of rotatable bonds is 4. The SMILES string of the molecule is O=C(NO)c1cc2cc(NS(=O)(=O)c3ccc(Cl)cc3)ccc2s1. The van der Waals surface area contributed by atoms with Gasteiger partial charge in [-0.2, -0.15) is 0 Å². The summed E-state index contributed by atoms with van der Waals surface area (Å²) in [5.74, 6) is -0.612.